The Kier molecular flexibility index (Phi) is 2.11. The standard InChI is InChI=1S/C8H16N2O/c1-3-9-6-8(10-4-1)2-5-11-7-8/h9-10H,1-7H2. The molecule has 0 amide bonds. The average molecular weight is 156 g/mol. The van der Waals surface area contributed by atoms with Gasteiger partial charge in [0.05, 0.1) is 12.1 Å². The van der Waals surface area contributed by atoms with E-state index in [2.05, 4.69) is 10.6 Å². The topological polar surface area (TPSA) is 33.3 Å². The summed E-state index contributed by atoms with van der Waals surface area (Å²) < 4.78 is 5.39. The van der Waals surface area contributed by atoms with Crippen LogP contribution in [0.5, 0.6) is 0 Å². The molecule has 3 heteroatoms. The first kappa shape index (κ1) is 7.53. The van der Waals surface area contributed by atoms with E-state index in [0.717, 1.165) is 32.8 Å². The van der Waals surface area contributed by atoms with Crippen LogP contribution in [0.4, 0.5) is 0 Å². The van der Waals surface area contributed by atoms with Crippen LogP contribution in [0.3, 0.4) is 0 Å². The maximum atomic E-state index is 5.39. The molecule has 1 unspecified atom stereocenters. The minimum absolute atomic E-state index is 0.274. The van der Waals surface area contributed by atoms with Crippen LogP contribution in [0.25, 0.3) is 0 Å². The molecule has 0 radical (unpaired) electrons. The van der Waals surface area contributed by atoms with E-state index >= 15 is 0 Å². The summed E-state index contributed by atoms with van der Waals surface area (Å²) >= 11 is 0. The van der Waals surface area contributed by atoms with Gasteiger partial charge in [0.25, 0.3) is 0 Å². The summed E-state index contributed by atoms with van der Waals surface area (Å²) in [5.41, 5.74) is 0.274. The summed E-state index contributed by atoms with van der Waals surface area (Å²) in [5, 5.41) is 7.01. The molecule has 2 aliphatic rings. The van der Waals surface area contributed by atoms with Crippen molar-refractivity contribution in [2.75, 3.05) is 32.8 Å². The van der Waals surface area contributed by atoms with Crippen LogP contribution in [0, 0.1) is 0 Å². The van der Waals surface area contributed by atoms with Crippen molar-refractivity contribution in [2.24, 2.45) is 0 Å². The summed E-state index contributed by atoms with van der Waals surface area (Å²) in [4.78, 5) is 0. The summed E-state index contributed by atoms with van der Waals surface area (Å²) in [6, 6.07) is 0. The highest BCUT2D eigenvalue weighted by Crippen LogP contribution is 2.18. The largest absolute Gasteiger partial charge is 0.379 e. The van der Waals surface area contributed by atoms with Crippen molar-refractivity contribution in [1.29, 1.82) is 0 Å². The third-order valence-electron chi connectivity index (χ3n) is 2.60. The average Bonchev–Trinajstić information content (AvgIpc) is 2.32. The van der Waals surface area contributed by atoms with E-state index in [-0.39, 0.29) is 5.54 Å². The van der Waals surface area contributed by atoms with E-state index in [1.54, 1.807) is 0 Å². The Morgan fingerprint density at radius 3 is 3.09 bits per heavy atom. The molecule has 0 aliphatic carbocycles. The molecule has 1 atom stereocenters. The molecule has 0 aromatic rings. The lowest BCUT2D eigenvalue weighted by atomic mass is 9.99. The van der Waals surface area contributed by atoms with Gasteiger partial charge in [-0.3, -0.25) is 0 Å². The molecule has 2 heterocycles. The summed E-state index contributed by atoms with van der Waals surface area (Å²) in [5.74, 6) is 0. The van der Waals surface area contributed by atoms with E-state index in [0.29, 0.717) is 0 Å². The van der Waals surface area contributed by atoms with Crippen LogP contribution in [-0.2, 0) is 4.74 Å². The molecule has 64 valence electrons. The lowest BCUT2D eigenvalue weighted by Crippen LogP contribution is -2.51. The van der Waals surface area contributed by atoms with Crippen LogP contribution in [0.1, 0.15) is 12.8 Å². The smallest absolute Gasteiger partial charge is 0.0661 e. The van der Waals surface area contributed by atoms with Gasteiger partial charge in [0.2, 0.25) is 0 Å². The van der Waals surface area contributed by atoms with Gasteiger partial charge in [-0.15, -0.1) is 0 Å². The second-order valence-electron chi connectivity index (χ2n) is 3.54. The Morgan fingerprint density at radius 2 is 2.27 bits per heavy atom. The van der Waals surface area contributed by atoms with E-state index in [4.69, 9.17) is 4.74 Å². The van der Waals surface area contributed by atoms with Gasteiger partial charge in [-0.05, 0) is 25.9 Å². The number of rotatable bonds is 0. The molecule has 11 heavy (non-hydrogen) atoms. The molecule has 2 saturated heterocycles. The normalized spacial score (nSPS) is 39.3. The monoisotopic (exact) mass is 156 g/mol. The Morgan fingerprint density at radius 1 is 1.27 bits per heavy atom. The fraction of sp³-hybridized carbons (Fsp3) is 1.00. The fourth-order valence-electron chi connectivity index (χ4n) is 1.84. The highest BCUT2D eigenvalue weighted by molar-refractivity contribution is 4.94. The van der Waals surface area contributed by atoms with Gasteiger partial charge in [-0.2, -0.15) is 0 Å². The van der Waals surface area contributed by atoms with Crippen molar-refractivity contribution in [3.63, 3.8) is 0 Å². The third kappa shape index (κ3) is 1.55. The van der Waals surface area contributed by atoms with Gasteiger partial charge >= 0.3 is 0 Å². The van der Waals surface area contributed by atoms with E-state index < -0.39 is 0 Å². The van der Waals surface area contributed by atoms with Crippen LogP contribution in [0.15, 0.2) is 0 Å². The molecule has 0 saturated carbocycles. The first-order valence-electron chi connectivity index (χ1n) is 4.45. The van der Waals surface area contributed by atoms with E-state index in [1.165, 1.54) is 12.8 Å². The van der Waals surface area contributed by atoms with Crippen molar-refractivity contribution in [1.82, 2.24) is 10.6 Å². The molecule has 2 N–H and O–H groups in total. The van der Waals surface area contributed by atoms with Gasteiger partial charge in [-0.25, -0.2) is 0 Å². The molecular weight excluding hydrogens is 140 g/mol. The summed E-state index contributed by atoms with van der Waals surface area (Å²) in [6.07, 6.45) is 2.40. The predicted molar refractivity (Wildman–Crippen MR) is 43.7 cm³/mol. The SMILES string of the molecule is C1CNCC2(CCOC2)NC1. The zero-order chi connectivity index (χ0) is 7.57. The molecular formula is C8H16N2O. The van der Waals surface area contributed by atoms with Crippen molar-refractivity contribution in [2.45, 2.75) is 18.4 Å². The maximum Gasteiger partial charge on any atom is 0.0661 e. The zero-order valence-electron chi connectivity index (χ0n) is 6.86. The number of hydrogen-bond donors (Lipinski definition) is 2. The van der Waals surface area contributed by atoms with Gasteiger partial charge in [0.15, 0.2) is 0 Å². The summed E-state index contributed by atoms with van der Waals surface area (Å²) in [6.45, 7) is 5.17. The van der Waals surface area contributed by atoms with Crippen LogP contribution < -0.4 is 10.6 Å². The first-order chi connectivity index (χ1) is 5.41. The molecule has 1 spiro atoms. The van der Waals surface area contributed by atoms with Crippen LogP contribution in [0.2, 0.25) is 0 Å². The minimum atomic E-state index is 0.274. The quantitative estimate of drug-likeness (QED) is 0.506. The molecule has 2 rings (SSSR count). The van der Waals surface area contributed by atoms with Crippen molar-refractivity contribution in [3.8, 4) is 0 Å². The molecule has 0 aromatic carbocycles. The Balaban J connectivity index is 1.97. The van der Waals surface area contributed by atoms with Crippen molar-refractivity contribution < 1.29 is 4.74 Å². The third-order valence-corrected chi connectivity index (χ3v) is 2.60. The maximum absolute atomic E-state index is 5.39. The van der Waals surface area contributed by atoms with Gasteiger partial charge in [0, 0.05) is 13.2 Å². The van der Waals surface area contributed by atoms with Crippen LogP contribution >= 0.6 is 0 Å². The predicted octanol–water partition coefficient (Wildman–Crippen LogP) is -0.272. The number of nitrogens with one attached hydrogen (secondary N) is 2. The van der Waals surface area contributed by atoms with Crippen LogP contribution in [-0.4, -0.2) is 38.4 Å². The number of hydrogen-bond acceptors (Lipinski definition) is 3. The van der Waals surface area contributed by atoms with Crippen molar-refractivity contribution in [3.05, 3.63) is 0 Å². The molecule has 2 fully saturated rings. The Hall–Kier alpha value is -0.120. The molecule has 2 aliphatic heterocycles. The first-order valence-corrected chi connectivity index (χ1v) is 4.45. The lowest BCUT2D eigenvalue weighted by molar-refractivity contribution is 0.168. The summed E-state index contributed by atoms with van der Waals surface area (Å²) in [7, 11) is 0. The van der Waals surface area contributed by atoms with Gasteiger partial charge in [0.1, 0.15) is 0 Å². The van der Waals surface area contributed by atoms with E-state index in [9.17, 15) is 0 Å². The minimum Gasteiger partial charge on any atom is -0.379 e. The highest BCUT2D eigenvalue weighted by atomic mass is 16.5. The molecule has 3 nitrogen and oxygen atoms in total. The Bertz CT molecular complexity index is 122. The Labute approximate surface area is 67.5 Å². The molecule has 0 aromatic heterocycles. The van der Waals surface area contributed by atoms with E-state index in [1.807, 2.05) is 0 Å². The van der Waals surface area contributed by atoms with Gasteiger partial charge in [-0.1, -0.05) is 0 Å². The van der Waals surface area contributed by atoms with Gasteiger partial charge < -0.3 is 15.4 Å². The lowest BCUT2D eigenvalue weighted by Gasteiger charge is -2.26. The highest BCUT2D eigenvalue weighted by Gasteiger charge is 2.34. The van der Waals surface area contributed by atoms with Crippen molar-refractivity contribution >= 4 is 0 Å². The zero-order valence-corrected chi connectivity index (χ0v) is 6.86. The fourth-order valence-corrected chi connectivity index (χ4v) is 1.84. The molecule has 0 bridgehead atoms. The second-order valence-corrected chi connectivity index (χ2v) is 3.54. The second kappa shape index (κ2) is 3.09. The number of ether oxygens (including phenoxy) is 1.